The molecule has 0 saturated heterocycles. The maximum Gasteiger partial charge on any atom is 0.246 e. The lowest BCUT2D eigenvalue weighted by Crippen LogP contribution is -2.48. The molecule has 0 bridgehead atoms. The van der Waals surface area contributed by atoms with Crippen LogP contribution in [0.3, 0.4) is 0 Å². The van der Waals surface area contributed by atoms with E-state index < -0.39 is 16.1 Å². The molecule has 0 spiro atoms. The van der Waals surface area contributed by atoms with Crippen LogP contribution in [0.5, 0.6) is 5.75 Å². The highest BCUT2D eigenvalue weighted by atomic mass is 32.2. The van der Waals surface area contributed by atoms with Crippen molar-refractivity contribution in [1.29, 1.82) is 0 Å². The second-order valence-electron chi connectivity index (χ2n) is 6.61. The Morgan fingerprint density at radius 2 is 1.63 bits per heavy atom. The number of likely N-dealkylation sites (N-methyl/N-ethyl adjacent to an activating group) is 1. The van der Waals surface area contributed by atoms with Crippen molar-refractivity contribution in [2.24, 2.45) is 0 Å². The molecule has 27 heavy (non-hydrogen) atoms. The van der Waals surface area contributed by atoms with Crippen LogP contribution in [0.25, 0.3) is 0 Å². The fourth-order valence-corrected chi connectivity index (χ4v) is 4.07. The Hall–Kier alpha value is -2.54. The van der Waals surface area contributed by atoms with Gasteiger partial charge >= 0.3 is 0 Å². The predicted octanol–water partition coefficient (Wildman–Crippen LogP) is 2.82. The Morgan fingerprint density at radius 3 is 2.11 bits per heavy atom. The van der Waals surface area contributed by atoms with Crippen LogP contribution in [0, 0.1) is 6.92 Å². The maximum atomic E-state index is 12.9. The van der Waals surface area contributed by atoms with Gasteiger partial charge in [0.2, 0.25) is 15.9 Å². The highest BCUT2D eigenvalue weighted by molar-refractivity contribution is 7.92. The molecule has 0 aliphatic heterocycles. The zero-order valence-corrected chi connectivity index (χ0v) is 17.2. The number of aryl methyl sites for hydroxylation is 1. The zero-order valence-electron chi connectivity index (χ0n) is 16.3. The molecule has 0 aliphatic carbocycles. The number of ether oxygens (including phenoxy) is 1. The van der Waals surface area contributed by atoms with Crippen molar-refractivity contribution in [2.75, 3.05) is 24.7 Å². The molecule has 1 unspecified atom stereocenters. The van der Waals surface area contributed by atoms with E-state index in [1.807, 2.05) is 31.2 Å². The van der Waals surface area contributed by atoms with Crippen LogP contribution in [0.15, 0.2) is 48.5 Å². The van der Waals surface area contributed by atoms with E-state index in [-0.39, 0.29) is 5.91 Å². The average molecular weight is 391 g/mol. The van der Waals surface area contributed by atoms with Gasteiger partial charge in [0.15, 0.2) is 0 Å². The Labute approximate surface area is 161 Å². The molecule has 0 N–H and O–H groups in total. The monoisotopic (exact) mass is 390 g/mol. The van der Waals surface area contributed by atoms with E-state index in [2.05, 4.69) is 0 Å². The number of anilines is 1. The number of methoxy groups -OCH3 is 1. The molecule has 2 rings (SSSR count). The highest BCUT2D eigenvalue weighted by Gasteiger charge is 2.31. The summed E-state index contributed by atoms with van der Waals surface area (Å²) in [5.74, 6) is 0.333. The third-order valence-corrected chi connectivity index (χ3v) is 5.55. The SMILES string of the molecule is COc1ccc(N(C(C)C(=O)N(C)Cc2ccc(C)cc2)S(C)(=O)=O)cc1. The second-order valence-corrected chi connectivity index (χ2v) is 8.47. The number of benzene rings is 2. The summed E-state index contributed by atoms with van der Waals surface area (Å²) in [7, 11) is -0.438. The van der Waals surface area contributed by atoms with E-state index >= 15 is 0 Å². The average Bonchev–Trinajstić information content (AvgIpc) is 2.62. The van der Waals surface area contributed by atoms with Gasteiger partial charge in [-0.05, 0) is 43.7 Å². The van der Waals surface area contributed by atoms with Crippen LogP contribution >= 0.6 is 0 Å². The van der Waals surface area contributed by atoms with Gasteiger partial charge in [-0.15, -0.1) is 0 Å². The summed E-state index contributed by atoms with van der Waals surface area (Å²) in [5, 5.41) is 0. The van der Waals surface area contributed by atoms with Crippen LogP contribution in [-0.2, 0) is 21.4 Å². The number of nitrogens with zero attached hydrogens (tertiary/aromatic N) is 2. The molecule has 0 saturated carbocycles. The van der Waals surface area contributed by atoms with E-state index in [0.29, 0.717) is 18.0 Å². The lowest BCUT2D eigenvalue weighted by molar-refractivity contribution is -0.131. The van der Waals surface area contributed by atoms with E-state index in [1.54, 1.807) is 38.2 Å². The molecular formula is C20H26N2O4S. The normalized spacial score (nSPS) is 12.3. The molecule has 0 heterocycles. The molecular weight excluding hydrogens is 364 g/mol. The molecule has 1 amide bonds. The number of carbonyl (C=O) groups is 1. The van der Waals surface area contributed by atoms with Gasteiger partial charge in [0.25, 0.3) is 0 Å². The summed E-state index contributed by atoms with van der Waals surface area (Å²) >= 11 is 0. The first-order chi connectivity index (χ1) is 12.6. The van der Waals surface area contributed by atoms with Crippen molar-refractivity contribution in [3.8, 4) is 5.75 Å². The van der Waals surface area contributed by atoms with E-state index in [0.717, 1.165) is 21.7 Å². The van der Waals surface area contributed by atoms with Crippen LogP contribution in [-0.4, -0.2) is 45.7 Å². The summed E-state index contributed by atoms with van der Waals surface area (Å²) in [4.78, 5) is 14.4. The maximum absolute atomic E-state index is 12.9. The predicted molar refractivity (Wildman–Crippen MR) is 107 cm³/mol. The molecule has 7 heteroatoms. The van der Waals surface area contributed by atoms with Gasteiger partial charge in [-0.3, -0.25) is 9.10 Å². The van der Waals surface area contributed by atoms with E-state index in [9.17, 15) is 13.2 Å². The van der Waals surface area contributed by atoms with Gasteiger partial charge in [0.05, 0.1) is 19.1 Å². The largest absolute Gasteiger partial charge is 0.497 e. The molecule has 0 radical (unpaired) electrons. The van der Waals surface area contributed by atoms with Crippen LogP contribution in [0.4, 0.5) is 5.69 Å². The Balaban J connectivity index is 2.24. The van der Waals surface area contributed by atoms with Crippen molar-refractivity contribution in [1.82, 2.24) is 4.90 Å². The van der Waals surface area contributed by atoms with Gasteiger partial charge in [-0.1, -0.05) is 29.8 Å². The first-order valence-electron chi connectivity index (χ1n) is 8.57. The van der Waals surface area contributed by atoms with E-state index in [4.69, 9.17) is 4.74 Å². The number of carbonyl (C=O) groups excluding carboxylic acids is 1. The molecule has 6 nitrogen and oxygen atoms in total. The first-order valence-corrected chi connectivity index (χ1v) is 10.4. The molecule has 2 aromatic rings. The lowest BCUT2D eigenvalue weighted by atomic mass is 10.1. The Kier molecular flexibility index (Phi) is 6.49. The van der Waals surface area contributed by atoms with Crippen molar-refractivity contribution in [2.45, 2.75) is 26.4 Å². The summed E-state index contributed by atoms with van der Waals surface area (Å²) in [6.07, 6.45) is 1.10. The van der Waals surface area contributed by atoms with Gasteiger partial charge < -0.3 is 9.64 Å². The standard InChI is InChI=1S/C20H26N2O4S/c1-15-6-8-17(9-7-15)14-21(3)20(23)16(2)22(27(5,24)25)18-10-12-19(26-4)13-11-18/h6-13,16H,14H2,1-5H3. The van der Waals surface area contributed by atoms with Crippen LogP contribution < -0.4 is 9.04 Å². The van der Waals surface area contributed by atoms with E-state index in [1.165, 1.54) is 12.0 Å². The fourth-order valence-electron chi connectivity index (χ4n) is 2.90. The highest BCUT2D eigenvalue weighted by Crippen LogP contribution is 2.24. The summed E-state index contributed by atoms with van der Waals surface area (Å²) < 4.78 is 31.0. The topological polar surface area (TPSA) is 66.9 Å². The summed E-state index contributed by atoms with van der Waals surface area (Å²) in [5.41, 5.74) is 2.55. The number of sulfonamides is 1. The third kappa shape index (κ3) is 5.23. The number of hydrogen-bond acceptors (Lipinski definition) is 4. The minimum Gasteiger partial charge on any atom is -0.497 e. The quantitative estimate of drug-likeness (QED) is 0.729. The zero-order chi connectivity index (χ0) is 20.2. The Bertz CT molecular complexity index is 877. The minimum absolute atomic E-state index is 0.281. The second kappa shape index (κ2) is 8.43. The summed E-state index contributed by atoms with van der Waals surface area (Å²) in [6, 6.07) is 13.6. The van der Waals surface area contributed by atoms with Crippen molar-refractivity contribution < 1.29 is 17.9 Å². The van der Waals surface area contributed by atoms with Gasteiger partial charge in [-0.2, -0.15) is 0 Å². The molecule has 146 valence electrons. The molecule has 0 aliphatic rings. The summed E-state index contributed by atoms with van der Waals surface area (Å²) in [6.45, 7) is 4.00. The van der Waals surface area contributed by atoms with Crippen molar-refractivity contribution >= 4 is 21.6 Å². The Morgan fingerprint density at radius 1 is 1.07 bits per heavy atom. The number of amides is 1. The van der Waals surface area contributed by atoms with Gasteiger partial charge in [-0.25, -0.2) is 8.42 Å². The lowest BCUT2D eigenvalue weighted by Gasteiger charge is -2.31. The third-order valence-electron chi connectivity index (χ3n) is 4.31. The first kappa shape index (κ1) is 20.8. The van der Waals surface area contributed by atoms with Crippen molar-refractivity contribution in [3.63, 3.8) is 0 Å². The van der Waals surface area contributed by atoms with Crippen LogP contribution in [0.1, 0.15) is 18.1 Å². The van der Waals surface area contributed by atoms with Gasteiger partial charge in [0.1, 0.15) is 11.8 Å². The minimum atomic E-state index is -3.65. The fraction of sp³-hybridized carbons (Fsp3) is 0.350. The van der Waals surface area contributed by atoms with Crippen LogP contribution in [0.2, 0.25) is 0 Å². The van der Waals surface area contributed by atoms with Gasteiger partial charge in [0, 0.05) is 13.6 Å². The van der Waals surface area contributed by atoms with Crippen molar-refractivity contribution in [3.05, 3.63) is 59.7 Å². The molecule has 0 fully saturated rings. The smallest absolute Gasteiger partial charge is 0.246 e. The number of hydrogen-bond donors (Lipinski definition) is 0. The molecule has 0 aromatic heterocycles. The number of rotatable bonds is 7. The molecule has 2 aromatic carbocycles. The molecule has 1 atom stereocenters.